The molecule has 0 saturated carbocycles. The first-order valence-corrected chi connectivity index (χ1v) is 7.21. The minimum atomic E-state index is 0.461. The van der Waals surface area contributed by atoms with Crippen LogP contribution in [0.1, 0.15) is 29.3 Å². The van der Waals surface area contributed by atoms with Gasteiger partial charge in [-0.05, 0) is 24.1 Å². The highest BCUT2D eigenvalue weighted by Gasteiger charge is 2.07. The van der Waals surface area contributed by atoms with Crippen LogP contribution in [0.3, 0.4) is 0 Å². The molecule has 0 unspecified atom stereocenters. The van der Waals surface area contributed by atoms with Crippen molar-refractivity contribution in [3.8, 4) is 5.75 Å². The second-order valence-electron chi connectivity index (χ2n) is 5.04. The molecule has 2 aromatic carbocycles. The fourth-order valence-corrected chi connectivity index (χ4v) is 2.18. The summed E-state index contributed by atoms with van der Waals surface area (Å²) in [7, 11) is 2.04. The molecule has 0 aromatic heterocycles. The van der Waals surface area contributed by atoms with E-state index in [9.17, 15) is 4.79 Å². The lowest BCUT2D eigenvalue weighted by Gasteiger charge is -2.20. The van der Waals surface area contributed by atoms with E-state index in [1.807, 2.05) is 55.6 Å². The van der Waals surface area contributed by atoms with Gasteiger partial charge in [-0.2, -0.15) is 0 Å². The normalized spacial score (nSPS) is 10.2. The van der Waals surface area contributed by atoms with Gasteiger partial charge in [0.25, 0.3) is 0 Å². The van der Waals surface area contributed by atoms with Gasteiger partial charge in [0.15, 0.2) is 6.29 Å². The molecule has 0 atom stereocenters. The highest BCUT2D eigenvalue weighted by Crippen LogP contribution is 2.25. The topological polar surface area (TPSA) is 29.5 Å². The molecule has 0 aliphatic carbocycles. The van der Waals surface area contributed by atoms with Crippen LogP contribution in [-0.2, 0) is 6.61 Å². The van der Waals surface area contributed by atoms with E-state index in [0.29, 0.717) is 17.9 Å². The Morgan fingerprint density at radius 1 is 1.14 bits per heavy atom. The summed E-state index contributed by atoms with van der Waals surface area (Å²) < 4.78 is 5.83. The quantitative estimate of drug-likeness (QED) is 0.721. The Morgan fingerprint density at radius 3 is 2.57 bits per heavy atom. The molecular formula is C18H21NO2. The van der Waals surface area contributed by atoms with Gasteiger partial charge in [0.2, 0.25) is 0 Å². The van der Waals surface area contributed by atoms with Crippen molar-refractivity contribution < 1.29 is 9.53 Å². The summed E-state index contributed by atoms with van der Waals surface area (Å²) in [6, 6.07) is 15.6. The molecule has 0 aliphatic rings. The third-order valence-electron chi connectivity index (χ3n) is 3.36. The molecule has 3 heteroatoms. The number of hydrogen-bond donors (Lipinski definition) is 0. The molecule has 0 bridgehead atoms. The largest absolute Gasteiger partial charge is 0.488 e. The van der Waals surface area contributed by atoms with Gasteiger partial charge in [-0.25, -0.2) is 0 Å². The number of carbonyl (C=O) groups is 1. The average Bonchev–Trinajstić information content (AvgIpc) is 2.54. The molecular weight excluding hydrogens is 262 g/mol. The standard InChI is InChI=1S/C18H21NO2/c1-3-11-19(2)17-10-9-16(13-20)18(12-17)21-14-15-7-5-4-6-8-15/h4-10,12-13H,3,11,14H2,1-2H3. The van der Waals surface area contributed by atoms with Crippen LogP contribution in [0, 0.1) is 0 Å². The van der Waals surface area contributed by atoms with Crippen molar-refractivity contribution >= 4 is 12.0 Å². The molecule has 21 heavy (non-hydrogen) atoms. The SMILES string of the molecule is CCCN(C)c1ccc(C=O)c(OCc2ccccc2)c1. The van der Waals surface area contributed by atoms with E-state index in [4.69, 9.17) is 4.74 Å². The van der Waals surface area contributed by atoms with Crippen molar-refractivity contribution in [2.45, 2.75) is 20.0 Å². The zero-order valence-corrected chi connectivity index (χ0v) is 12.6. The van der Waals surface area contributed by atoms with Crippen LogP contribution in [0.15, 0.2) is 48.5 Å². The van der Waals surface area contributed by atoms with Crippen molar-refractivity contribution in [2.75, 3.05) is 18.5 Å². The first-order valence-electron chi connectivity index (χ1n) is 7.21. The Morgan fingerprint density at radius 2 is 1.90 bits per heavy atom. The number of nitrogens with zero attached hydrogens (tertiary/aromatic N) is 1. The van der Waals surface area contributed by atoms with E-state index in [0.717, 1.165) is 30.5 Å². The van der Waals surface area contributed by atoms with Crippen LogP contribution in [0.5, 0.6) is 5.75 Å². The van der Waals surface area contributed by atoms with Crippen molar-refractivity contribution in [2.24, 2.45) is 0 Å². The Labute approximate surface area is 126 Å². The number of rotatable bonds is 7. The van der Waals surface area contributed by atoms with Crippen LogP contribution in [0.2, 0.25) is 0 Å². The zero-order valence-electron chi connectivity index (χ0n) is 12.6. The summed E-state index contributed by atoms with van der Waals surface area (Å²) in [4.78, 5) is 13.3. The lowest BCUT2D eigenvalue weighted by molar-refractivity contribution is 0.111. The molecule has 0 fully saturated rings. The van der Waals surface area contributed by atoms with E-state index >= 15 is 0 Å². The maximum Gasteiger partial charge on any atom is 0.153 e. The summed E-state index contributed by atoms with van der Waals surface area (Å²) in [6.45, 7) is 3.57. The van der Waals surface area contributed by atoms with E-state index < -0.39 is 0 Å². The van der Waals surface area contributed by atoms with Crippen LogP contribution in [0.25, 0.3) is 0 Å². The molecule has 2 aromatic rings. The average molecular weight is 283 g/mol. The Balaban J connectivity index is 2.16. The predicted octanol–water partition coefficient (Wildman–Crippen LogP) is 3.92. The highest BCUT2D eigenvalue weighted by atomic mass is 16.5. The van der Waals surface area contributed by atoms with Gasteiger partial charge in [0, 0.05) is 25.3 Å². The minimum absolute atomic E-state index is 0.461. The molecule has 2 rings (SSSR count). The maximum atomic E-state index is 11.2. The molecule has 0 saturated heterocycles. The third-order valence-corrected chi connectivity index (χ3v) is 3.36. The van der Waals surface area contributed by atoms with Crippen molar-refractivity contribution in [1.29, 1.82) is 0 Å². The molecule has 0 spiro atoms. The molecule has 0 N–H and O–H groups in total. The first kappa shape index (κ1) is 15.1. The number of ether oxygens (including phenoxy) is 1. The van der Waals surface area contributed by atoms with Gasteiger partial charge in [-0.1, -0.05) is 37.3 Å². The van der Waals surface area contributed by atoms with Crippen LogP contribution < -0.4 is 9.64 Å². The van der Waals surface area contributed by atoms with E-state index in [1.54, 1.807) is 0 Å². The number of aldehydes is 1. The lowest BCUT2D eigenvalue weighted by atomic mass is 10.2. The molecule has 3 nitrogen and oxygen atoms in total. The van der Waals surface area contributed by atoms with Gasteiger partial charge in [-0.3, -0.25) is 4.79 Å². The molecule has 110 valence electrons. The van der Waals surface area contributed by atoms with Gasteiger partial charge < -0.3 is 9.64 Å². The number of benzene rings is 2. The number of hydrogen-bond acceptors (Lipinski definition) is 3. The molecule has 0 radical (unpaired) electrons. The highest BCUT2D eigenvalue weighted by molar-refractivity contribution is 5.80. The summed E-state index contributed by atoms with van der Waals surface area (Å²) >= 11 is 0. The fourth-order valence-electron chi connectivity index (χ4n) is 2.18. The van der Waals surface area contributed by atoms with Gasteiger partial charge in [-0.15, -0.1) is 0 Å². The lowest BCUT2D eigenvalue weighted by Crippen LogP contribution is -2.17. The Bertz CT molecular complexity index is 581. The van der Waals surface area contributed by atoms with E-state index in [2.05, 4.69) is 11.8 Å². The minimum Gasteiger partial charge on any atom is -0.488 e. The predicted molar refractivity (Wildman–Crippen MR) is 86.2 cm³/mol. The Kier molecular flexibility index (Phi) is 5.38. The number of carbonyl (C=O) groups excluding carboxylic acids is 1. The van der Waals surface area contributed by atoms with Crippen LogP contribution >= 0.6 is 0 Å². The van der Waals surface area contributed by atoms with Crippen LogP contribution in [0.4, 0.5) is 5.69 Å². The van der Waals surface area contributed by atoms with Crippen molar-refractivity contribution in [1.82, 2.24) is 0 Å². The zero-order chi connectivity index (χ0) is 15.1. The smallest absolute Gasteiger partial charge is 0.153 e. The van der Waals surface area contributed by atoms with Crippen molar-refractivity contribution in [3.05, 3.63) is 59.7 Å². The Hall–Kier alpha value is -2.29. The molecule has 0 aliphatic heterocycles. The van der Waals surface area contributed by atoms with E-state index in [1.165, 1.54) is 0 Å². The van der Waals surface area contributed by atoms with E-state index in [-0.39, 0.29) is 0 Å². The summed E-state index contributed by atoms with van der Waals surface area (Å²) in [5.74, 6) is 0.634. The summed E-state index contributed by atoms with van der Waals surface area (Å²) in [5.41, 5.74) is 2.73. The third kappa shape index (κ3) is 4.09. The fraction of sp³-hybridized carbons (Fsp3) is 0.278. The van der Waals surface area contributed by atoms with Gasteiger partial charge in [0.05, 0.1) is 5.56 Å². The second-order valence-corrected chi connectivity index (χ2v) is 5.04. The first-order chi connectivity index (χ1) is 10.2. The monoisotopic (exact) mass is 283 g/mol. The second kappa shape index (κ2) is 7.48. The summed E-state index contributed by atoms with van der Waals surface area (Å²) in [6.07, 6.45) is 1.91. The molecule has 0 amide bonds. The van der Waals surface area contributed by atoms with Crippen molar-refractivity contribution in [3.63, 3.8) is 0 Å². The molecule has 0 heterocycles. The maximum absolute atomic E-state index is 11.2. The van der Waals surface area contributed by atoms with Crippen LogP contribution in [-0.4, -0.2) is 19.9 Å². The van der Waals surface area contributed by atoms with Gasteiger partial charge >= 0.3 is 0 Å². The van der Waals surface area contributed by atoms with Gasteiger partial charge in [0.1, 0.15) is 12.4 Å². The summed E-state index contributed by atoms with van der Waals surface area (Å²) in [5, 5.41) is 0. The number of anilines is 1.